The Morgan fingerprint density at radius 3 is 2.72 bits per heavy atom. The minimum absolute atomic E-state index is 0.0735. The fourth-order valence-electron chi connectivity index (χ4n) is 2.57. The molecule has 0 radical (unpaired) electrons. The van der Waals surface area contributed by atoms with Crippen LogP contribution in [0.3, 0.4) is 0 Å². The lowest BCUT2D eigenvalue weighted by atomic mass is 10.2. The number of hydrogen-bond donors (Lipinski definition) is 0. The summed E-state index contributed by atoms with van der Waals surface area (Å²) in [5.41, 5.74) is 1.91. The van der Waals surface area contributed by atoms with Crippen molar-refractivity contribution in [2.24, 2.45) is 0 Å². The molecule has 0 unspecified atom stereocenters. The number of rotatable bonds is 3. The molecule has 0 bridgehead atoms. The average molecular weight is 434 g/mol. The van der Waals surface area contributed by atoms with Gasteiger partial charge in [-0.1, -0.05) is 58.1 Å². The van der Waals surface area contributed by atoms with E-state index in [1.807, 2.05) is 48.5 Å². The van der Waals surface area contributed by atoms with Crippen molar-refractivity contribution in [2.75, 3.05) is 6.79 Å². The van der Waals surface area contributed by atoms with Crippen molar-refractivity contribution in [3.8, 4) is 11.5 Å². The van der Waals surface area contributed by atoms with E-state index in [0.717, 1.165) is 21.3 Å². The summed E-state index contributed by atoms with van der Waals surface area (Å²) in [7, 11) is 0. The largest absolute Gasteiger partial charge is 0.454 e. The van der Waals surface area contributed by atoms with Crippen LogP contribution in [0.4, 0.5) is 0 Å². The average Bonchev–Trinajstić information content (AvgIpc) is 3.17. The number of amides is 1. The first kappa shape index (κ1) is 16.6. The van der Waals surface area contributed by atoms with Gasteiger partial charge in [-0.05, 0) is 41.5 Å². The SMILES string of the molecule is O=C1/C(=C/c2ccc(Br)cc2)SC(=S)N1Cc1ccc2c(c1)OCO2. The van der Waals surface area contributed by atoms with Gasteiger partial charge in [0.2, 0.25) is 6.79 Å². The van der Waals surface area contributed by atoms with Crippen LogP contribution in [-0.2, 0) is 11.3 Å². The second kappa shape index (κ2) is 6.82. The molecule has 0 saturated carbocycles. The second-order valence-corrected chi connectivity index (χ2v) is 8.10. The number of thioether (sulfide) groups is 1. The van der Waals surface area contributed by atoms with E-state index >= 15 is 0 Å². The molecule has 7 heteroatoms. The highest BCUT2D eigenvalue weighted by atomic mass is 79.9. The third-order valence-electron chi connectivity index (χ3n) is 3.82. The Morgan fingerprint density at radius 2 is 1.92 bits per heavy atom. The van der Waals surface area contributed by atoms with Gasteiger partial charge in [0.25, 0.3) is 5.91 Å². The summed E-state index contributed by atoms with van der Waals surface area (Å²) in [6.07, 6.45) is 1.87. The summed E-state index contributed by atoms with van der Waals surface area (Å²) in [6.45, 7) is 0.648. The first-order valence-electron chi connectivity index (χ1n) is 7.49. The third-order valence-corrected chi connectivity index (χ3v) is 5.73. The maximum atomic E-state index is 12.7. The molecule has 1 fully saturated rings. The quantitative estimate of drug-likeness (QED) is 0.523. The number of carbonyl (C=O) groups excluding carboxylic acids is 1. The van der Waals surface area contributed by atoms with Crippen LogP contribution >= 0.6 is 39.9 Å². The first-order valence-corrected chi connectivity index (χ1v) is 9.51. The molecule has 2 aromatic rings. The van der Waals surface area contributed by atoms with Crippen molar-refractivity contribution < 1.29 is 14.3 Å². The molecular formula is C18H12BrNO3S2. The van der Waals surface area contributed by atoms with Gasteiger partial charge in [0, 0.05) is 4.47 Å². The number of nitrogens with zero attached hydrogens (tertiary/aromatic N) is 1. The van der Waals surface area contributed by atoms with E-state index < -0.39 is 0 Å². The van der Waals surface area contributed by atoms with Crippen LogP contribution < -0.4 is 9.47 Å². The van der Waals surface area contributed by atoms with Crippen LogP contribution in [0.15, 0.2) is 51.8 Å². The minimum Gasteiger partial charge on any atom is -0.454 e. The highest BCUT2D eigenvalue weighted by Gasteiger charge is 2.32. The molecule has 126 valence electrons. The molecule has 4 nitrogen and oxygen atoms in total. The highest BCUT2D eigenvalue weighted by Crippen LogP contribution is 2.36. The predicted molar refractivity (Wildman–Crippen MR) is 105 cm³/mol. The summed E-state index contributed by atoms with van der Waals surface area (Å²) < 4.78 is 12.3. The van der Waals surface area contributed by atoms with Crippen molar-refractivity contribution in [1.82, 2.24) is 4.90 Å². The fraction of sp³-hybridized carbons (Fsp3) is 0.111. The van der Waals surface area contributed by atoms with Crippen LogP contribution in [0, 0.1) is 0 Å². The summed E-state index contributed by atoms with van der Waals surface area (Å²) in [5, 5.41) is 0. The normalized spacial score (nSPS) is 17.6. The van der Waals surface area contributed by atoms with Gasteiger partial charge in [-0.25, -0.2) is 0 Å². The van der Waals surface area contributed by atoms with Gasteiger partial charge >= 0.3 is 0 Å². The van der Waals surface area contributed by atoms with E-state index in [9.17, 15) is 4.79 Å². The van der Waals surface area contributed by atoms with Crippen molar-refractivity contribution in [1.29, 1.82) is 0 Å². The Balaban J connectivity index is 1.54. The molecule has 25 heavy (non-hydrogen) atoms. The number of ether oxygens (including phenoxy) is 2. The van der Waals surface area contributed by atoms with E-state index in [0.29, 0.717) is 21.5 Å². The van der Waals surface area contributed by atoms with Crippen molar-refractivity contribution in [2.45, 2.75) is 6.54 Å². The molecule has 1 saturated heterocycles. The van der Waals surface area contributed by atoms with E-state index in [1.165, 1.54) is 11.8 Å². The number of thiocarbonyl (C=S) groups is 1. The molecule has 4 rings (SSSR count). The molecule has 0 N–H and O–H groups in total. The molecule has 0 atom stereocenters. The van der Waals surface area contributed by atoms with E-state index in [2.05, 4.69) is 15.9 Å². The zero-order valence-corrected chi connectivity index (χ0v) is 16.1. The van der Waals surface area contributed by atoms with Gasteiger partial charge in [-0.2, -0.15) is 0 Å². The fourth-order valence-corrected chi connectivity index (χ4v) is 4.09. The van der Waals surface area contributed by atoms with Crippen LogP contribution in [0.25, 0.3) is 6.08 Å². The van der Waals surface area contributed by atoms with Crippen molar-refractivity contribution in [3.63, 3.8) is 0 Å². The highest BCUT2D eigenvalue weighted by molar-refractivity contribution is 9.10. The summed E-state index contributed by atoms with van der Waals surface area (Å²) in [4.78, 5) is 15.0. The van der Waals surface area contributed by atoms with Crippen LogP contribution in [0.5, 0.6) is 11.5 Å². The monoisotopic (exact) mass is 433 g/mol. The second-order valence-electron chi connectivity index (χ2n) is 5.51. The molecule has 2 heterocycles. The van der Waals surface area contributed by atoms with Crippen molar-refractivity contribution >= 4 is 56.2 Å². The summed E-state index contributed by atoms with van der Waals surface area (Å²) >= 11 is 10.1. The summed E-state index contributed by atoms with van der Waals surface area (Å²) in [6, 6.07) is 13.5. The number of hydrogen-bond acceptors (Lipinski definition) is 5. The Morgan fingerprint density at radius 1 is 1.16 bits per heavy atom. The van der Waals surface area contributed by atoms with Gasteiger partial charge in [-0.15, -0.1) is 0 Å². The number of benzene rings is 2. The van der Waals surface area contributed by atoms with Crippen LogP contribution in [-0.4, -0.2) is 21.9 Å². The lowest BCUT2D eigenvalue weighted by Gasteiger charge is -2.14. The van der Waals surface area contributed by atoms with Gasteiger partial charge in [0.15, 0.2) is 11.5 Å². The zero-order valence-electron chi connectivity index (χ0n) is 12.9. The smallest absolute Gasteiger partial charge is 0.266 e. The van der Waals surface area contributed by atoms with E-state index in [-0.39, 0.29) is 12.7 Å². The Labute approximate surface area is 162 Å². The van der Waals surface area contributed by atoms with Gasteiger partial charge in [0.05, 0.1) is 11.4 Å². The molecule has 2 aliphatic rings. The predicted octanol–water partition coefficient (Wildman–Crippen LogP) is 4.58. The summed E-state index contributed by atoms with van der Waals surface area (Å²) in [5.74, 6) is 1.35. The molecule has 2 aromatic carbocycles. The van der Waals surface area contributed by atoms with Gasteiger partial charge in [-0.3, -0.25) is 9.69 Å². The van der Waals surface area contributed by atoms with E-state index in [1.54, 1.807) is 4.90 Å². The topological polar surface area (TPSA) is 38.8 Å². The lowest BCUT2D eigenvalue weighted by molar-refractivity contribution is -0.122. The van der Waals surface area contributed by atoms with Gasteiger partial charge in [0.1, 0.15) is 4.32 Å². The standard InChI is InChI=1S/C18H12BrNO3S2/c19-13-4-1-11(2-5-13)8-16-17(21)20(18(24)25-16)9-12-3-6-14-15(7-12)23-10-22-14/h1-8H,9-10H2/b16-8-. The molecule has 0 aromatic heterocycles. The molecule has 2 aliphatic heterocycles. The number of carbonyl (C=O) groups is 1. The maximum absolute atomic E-state index is 12.7. The molecular weight excluding hydrogens is 422 g/mol. The Kier molecular flexibility index (Phi) is 4.54. The van der Waals surface area contributed by atoms with Crippen molar-refractivity contribution in [3.05, 3.63) is 63.0 Å². The maximum Gasteiger partial charge on any atom is 0.266 e. The zero-order chi connectivity index (χ0) is 17.4. The molecule has 0 aliphatic carbocycles. The minimum atomic E-state index is -0.0735. The Hall–Kier alpha value is -1.83. The first-order chi connectivity index (χ1) is 12.1. The van der Waals surface area contributed by atoms with Gasteiger partial charge < -0.3 is 9.47 Å². The molecule has 1 amide bonds. The van der Waals surface area contributed by atoms with E-state index in [4.69, 9.17) is 21.7 Å². The van der Waals surface area contributed by atoms with Crippen LogP contribution in [0.2, 0.25) is 0 Å². The lowest BCUT2D eigenvalue weighted by Crippen LogP contribution is -2.27. The third kappa shape index (κ3) is 3.44. The van der Waals surface area contributed by atoms with Crippen LogP contribution in [0.1, 0.15) is 11.1 Å². The molecule has 0 spiro atoms. The Bertz CT molecular complexity index is 896. The number of halogens is 1. The number of fused-ring (bicyclic) bond motifs is 1.